The van der Waals surface area contributed by atoms with Crippen molar-refractivity contribution in [3.8, 4) is 0 Å². The van der Waals surface area contributed by atoms with Gasteiger partial charge >= 0.3 is 5.97 Å². The van der Waals surface area contributed by atoms with Gasteiger partial charge in [-0.2, -0.15) is 5.10 Å². The molecule has 7 nitrogen and oxygen atoms in total. The van der Waals surface area contributed by atoms with Crippen molar-refractivity contribution in [1.29, 1.82) is 0 Å². The lowest BCUT2D eigenvalue weighted by molar-refractivity contribution is 0.0526. The minimum atomic E-state index is -0.351. The lowest BCUT2D eigenvalue weighted by Crippen LogP contribution is -2.21. The summed E-state index contributed by atoms with van der Waals surface area (Å²) in [6.45, 7) is 3.78. The molecular weight excluding hydrogens is 294 g/mol. The standard InChI is InChI=1S/C16H17N5O2/c1-2-23-16(22)9-3-19-20(6-9)7-10-4-18-12(5-17-10)21-8-11-13-14(11)15(13)21/h3-6,11,13-15H,2,7-8H2,1H3. The summed E-state index contributed by atoms with van der Waals surface area (Å²) in [6, 6.07) is 0.749. The number of hydrogen-bond donors (Lipinski definition) is 0. The van der Waals surface area contributed by atoms with E-state index in [-0.39, 0.29) is 5.97 Å². The zero-order chi connectivity index (χ0) is 15.6. The van der Waals surface area contributed by atoms with E-state index in [9.17, 15) is 4.79 Å². The largest absolute Gasteiger partial charge is 0.462 e. The molecule has 0 amide bonds. The van der Waals surface area contributed by atoms with Gasteiger partial charge in [0, 0.05) is 18.8 Å². The second-order valence-electron chi connectivity index (χ2n) is 6.47. The normalized spacial score (nSPS) is 29.3. The fourth-order valence-corrected chi connectivity index (χ4v) is 3.90. The number of aromatic nitrogens is 4. The van der Waals surface area contributed by atoms with Crippen molar-refractivity contribution in [3.63, 3.8) is 0 Å². The zero-order valence-corrected chi connectivity index (χ0v) is 12.8. The van der Waals surface area contributed by atoms with Gasteiger partial charge in [-0.15, -0.1) is 0 Å². The molecule has 2 bridgehead atoms. The molecule has 6 rings (SSSR count). The summed E-state index contributed by atoms with van der Waals surface area (Å²) in [5, 5.41) is 4.17. The van der Waals surface area contributed by atoms with Gasteiger partial charge < -0.3 is 9.64 Å². The molecule has 2 saturated heterocycles. The lowest BCUT2D eigenvalue weighted by Gasteiger charge is -2.16. The topological polar surface area (TPSA) is 73.1 Å². The van der Waals surface area contributed by atoms with Crippen LogP contribution in [0.4, 0.5) is 5.82 Å². The highest BCUT2D eigenvalue weighted by Gasteiger charge is 2.80. The van der Waals surface area contributed by atoms with Gasteiger partial charge in [-0.3, -0.25) is 9.67 Å². The van der Waals surface area contributed by atoms with Gasteiger partial charge in [-0.1, -0.05) is 0 Å². The van der Waals surface area contributed by atoms with E-state index in [1.165, 1.54) is 6.20 Å². The SMILES string of the molecule is CCOC(=O)c1cnn(Cc2cnc(N3CC4C5C4C53)cn2)c1. The Kier molecular flexibility index (Phi) is 2.57. The molecule has 0 radical (unpaired) electrons. The van der Waals surface area contributed by atoms with Crippen molar-refractivity contribution in [2.75, 3.05) is 18.1 Å². The maximum atomic E-state index is 11.6. The summed E-state index contributed by atoms with van der Waals surface area (Å²) >= 11 is 0. The molecule has 0 aromatic carbocycles. The fraction of sp³-hybridized carbons (Fsp3) is 0.500. The fourth-order valence-electron chi connectivity index (χ4n) is 3.90. The number of esters is 1. The molecular formula is C16H17N5O2. The number of hydrogen-bond acceptors (Lipinski definition) is 6. The first kappa shape index (κ1) is 13.0. The Morgan fingerprint density at radius 1 is 1.30 bits per heavy atom. The van der Waals surface area contributed by atoms with Gasteiger partial charge in [-0.25, -0.2) is 9.78 Å². The molecule has 0 spiro atoms. The van der Waals surface area contributed by atoms with Crippen molar-refractivity contribution in [1.82, 2.24) is 19.7 Å². The lowest BCUT2D eigenvalue weighted by atomic mass is 10.2. The molecule has 4 heterocycles. The maximum absolute atomic E-state index is 11.6. The van der Waals surface area contributed by atoms with E-state index in [0.29, 0.717) is 18.7 Å². The number of nitrogens with zero attached hydrogens (tertiary/aromatic N) is 5. The summed E-state index contributed by atoms with van der Waals surface area (Å²) in [4.78, 5) is 23.1. The third-order valence-electron chi connectivity index (χ3n) is 5.16. The molecule has 4 aliphatic rings. The molecule has 2 aliphatic carbocycles. The van der Waals surface area contributed by atoms with Crippen LogP contribution in [0.2, 0.25) is 0 Å². The second kappa shape index (κ2) is 4.53. The molecule has 7 heteroatoms. The highest BCUT2D eigenvalue weighted by Crippen LogP contribution is 2.75. The molecule has 23 heavy (non-hydrogen) atoms. The van der Waals surface area contributed by atoms with Crippen LogP contribution in [-0.4, -0.2) is 44.9 Å². The average Bonchev–Trinajstić information content (AvgIpc) is 3.22. The molecule has 0 N–H and O–H groups in total. The van der Waals surface area contributed by atoms with Crippen molar-refractivity contribution >= 4 is 11.8 Å². The van der Waals surface area contributed by atoms with Crippen LogP contribution in [0.15, 0.2) is 24.8 Å². The number of rotatable bonds is 5. The van der Waals surface area contributed by atoms with E-state index in [0.717, 1.165) is 41.9 Å². The maximum Gasteiger partial charge on any atom is 0.341 e. The van der Waals surface area contributed by atoms with Crippen molar-refractivity contribution < 1.29 is 9.53 Å². The van der Waals surface area contributed by atoms with Gasteiger partial charge in [0.05, 0.1) is 43.0 Å². The Morgan fingerprint density at radius 2 is 2.17 bits per heavy atom. The Bertz CT molecular complexity index is 754. The Morgan fingerprint density at radius 3 is 2.83 bits per heavy atom. The van der Waals surface area contributed by atoms with Crippen LogP contribution in [0.1, 0.15) is 23.0 Å². The average molecular weight is 311 g/mol. The van der Waals surface area contributed by atoms with Gasteiger partial charge in [-0.05, 0) is 24.7 Å². The highest BCUT2D eigenvalue weighted by atomic mass is 16.5. The van der Waals surface area contributed by atoms with E-state index < -0.39 is 0 Å². The Hall–Kier alpha value is -2.44. The van der Waals surface area contributed by atoms with Crippen molar-refractivity contribution in [2.45, 2.75) is 19.5 Å². The number of carbonyl (C=O) groups excluding carboxylic acids is 1. The molecule has 2 atom stereocenters. The number of fused-ring (bicyclic) bond motifs is 1. The van der Waals surface area contributed by atoms with E-state index in [1.54, 1.807) is 24.0 Å². The molecule has 118 valence electrons. The Balaban J connectivity index is 1.26. The van der Waals surface area contributed by atoms with Gasteiger partial charge in [0.1, 0.15) is 5.82 Å². The first-order chi connectivity index (χ1) is 11.3. The minimum absolute atomic E-state index is 0.351. The third kappa shape index (κ3) is 1.95. The van der Waals surface area contributed by atoms with Gasteiger partial charge in [0.25, 0.3) is 0 Å². The van der Waals surface area contributed by atoms with Crippen LogP contribution >= 0.6 is 0 Å². The quantitative estimate of drug-likeness (QED) is 0.766. The highest BCUT2D eigenvalue weighted by molar-refractivity contribution is 5.88. The molecule has 2 aliphatic heterocycles. The minimum Gasteiger partial charge on any atom is -0.462 e. The number of carbonyl (C=O) groups is 1. The van der Waals surface area contributed by atoms with Gasteiger partial charge in [0.2, 0.25) is 0 Å². The first-order valence-corrected chi connectivity index (χ1v) is 8.03. The number of ether oxygens (including phenoxy) is 1. The van der Waals surface area contributed by atoms with Crippen molar-refractivity contribution in [3.05, 3.63) is 36.0 Å². The summed E-state index contributed by atoms with van der Waals surface area (Å²) in [5.74, 6) is 3.49. The molecule has 2 unspecified atom stereocenters. The molecule has 2 aromatic heterocycles. The van der Waals surface area contributed by atoms with Gasteiger partial charge in [0.15, 0.2) is 0 Å². The molecule has 2 saturated carbocycles. The first-order valence-electron chi connectivity index (χ1n) is 8.03. The van der Waals surface area contributed by atoms with Crippen LogP contribution in [0.25, 0.3) is 0 Å². The van der Waals surface area contributed by atoms with Crippen LogP contribution in [0.3, 0.4) is 0 Å². The smallest absolute Gasteiger partial charge is 0.341 e. The second-order valence-corrected chi connectivity index (χ2v) is 6.47. The summed E-state index contributed by atoms with van der Waals surface area (Å²) in [5.41, 5.74) is 1.28. The predicted octanol–water partition coefficient (Wildman–Crippen LogP) is 0.962. The van der Waals surface area contributed by atoms with Crippen LogP contribution in [0, 0.1) is 17.8 Å². The third-order valence-corrected chi connectivity index (χ3v) is 5.16. The van der Waals surface area contributed by atoms with E-state index in [4.69, 9.17) is 4.74 Å². The van der Waals surface area contributed by atoms with Crippen LogP contribution in [0.5, 0.6) is 0 Å². The molecule has 2 aromatic rings. The zero-order valence-electron chi connectivity index (χ0n) is 12.8. The van der Waals surface area contributed by atoms with E-state index >= 15 is 0 Å². The summed E-state index contributed by atoms with van der Waals surface area (Å²) < 4.78 is 6.63. The molecule has 4 fully saturated rings. The monoisotopic (exact) mass is 311 g/mol. The van der Waals surface area contributed by atoms with Crippen molar-refractivity contribution in [2.24, 2.45) is 17.8 Å². The number of anilines is 1. The summed E-state index contributed by atoms with van der Waals surface area (Å²) in [7, 11) is 0. The van der Waals surface area contributed by atoms with Crippen LogP contribution in [-0.2, 0) is 11.3 Å². The number of piperidine rings is 1. The van der Waals surface area contributed by atoms with E-state index in [1.807, 2.05) is 6.20 Å². The summed E-state index contributed by atoms with van der Waals surface area (Å²) in [6.07, 6.45) is 6.84. The van der Waals surface area contributed by atoms with Crippen LogP contribution < -0.4 is 4.90 Å². The Labute approximate surface area is 133 Å². The van der Waals surface area contributed by atoms with E-state index in [2.05, 4.69) is 20.0 Å². The predicted molar refractivity (Wildman–Crippen MR) is 80.9 cm³/mol.